The first kappa shape index (κ1) is 21.3. The number of thiazole rings is 1. The van der Waals surface area contributed by atoms with Crippen molar-refractivity contribution in [3.05, 3.63) is 59.8 Å². The second-order valence-electron chi connectivity index (χ2n) is 7.28. The Morgan fingerprint density at radius 2 is 1.90 bits per heavy atom. The summed E-state index contributed by atoms with van der Waals surface area (Å²) in [5.74, 6) is -0.315. The first-order valence-electron chi connectivity index (χ1n) is 9.79. The van der Waals surface area contributed by atoms with Crippen LogP contribution < -0.4 is 5.32 Å². The highest BCUT2D eigenvalue weighted by molar-refractivity contribution is 8.01. The maximum absolute atomic E-state index is 12.7. The smallest absolute Gasteiger partial charge is 0.338 e. The highest BCUT2D eigenvalue weighted by Crippen LogP contribution is 2.30. The Balaban J connectivity index is 1.53. The summed E-state index contributed by atoms with van der Waals surface area (Å²) in [6.07, 6.45) is -0.210. The summed E-state index contributed by atoms with van der Waals surface area (Å²) in [5, 5.41) is 3.66. The summed E-state index contributed by atoms with van der Waals surface area (Å²) < 4.78 is 7.24. The van der Waals surface area contributed by atoms with Gasteiger partial charge in [0.2, 0.25) is 5.91 Å². The lowest BCUT2D eigenvalue weighted by atomic mass is 10.1. The summed E-state index contributed by atoms with van der Waals surface area (Å²) in [4.78, 5) is 34.0. The molecule has 0 aliphatic heterocycles. The number of fused-ring (bicyclic) bond motifs is 2. The van der Waals surface area contributed by atoms with Gasteiger partial charge in [0.1, 0.15) is 0 Å². The summed E-state index contributed by atoms with van der Waals surface area (Å²) >= 11 is 2.97. The number of rotatable bonds is 6. The maximum atomic E-state index is 12.7. The van der Waals surface area contributed by atoms with E-state index in [4.69, 9.17) is 4.74 Å². The van der Waals surface area contributed by atoms with Crippen LogP contribution in [-0.2, 0) is 9.53 Å². The third kappa shape index (κ3) is 5.03. The molecule has 2 aromatic heterocycles. The van der Waals surface area contributed by atoms with Crippen LogP contribution >= 0.6 is 23.1 Å². The molecule has 0 fully saturated rings. The minimum atomic E-state index is -0.402. The molecule has 0 spiro atoms. The molecule has 4 rings (SSSR count). The number of aromatic nitrogens is 2. The van der Waals surface area contributed by atoms with E-state index in [0.717, 1.165) is 20.3 Å². The average molecular weight is 452 g/mol. The number of pyridine rings is 1. The number of amides is 1. The van der Waals surface area contributed by atoms with Gasteiger partial charge in [-0.1, -0.05) is 23.9 Å². The van der Waals surface area contributed by atoms with Crippen molar-refractivity contribution >= 4 is 61.8 Å². The topological polar surface area (TPSA) is 81.2 Å². The monoisotopic (exact) mass is 451 g/mol. The molecule has 2 aromatic carbocycles. The van der Waals surface area contributed by atoms with Gasteiger partial charge >= 0.3 is 5.97 Å². The number of hydrogen-bond donors (Lipinski definition) is 1. The van der Waals surface area contributed by atoms with Gasteiger partial charge in [-0.15, -0.1) is 11.3 Å². The zero-order valence-electron chi connectivity index (χ0n) is 17.3. The summed E-state index contributed by atoms with van der Waals surface area (Å²) in [6, 6.07) is 14.9. The number of benzene rings is 2. The van der Waals surface area contributed by atoms with Crippen LogP contribution in [0.25, 0.3) is 21.1 Å². The SMILES string of the molecule is Cc1cc(NC(=O)CSc2nc3ccccc3s2)c2cc(C(=O)OC(C)C)ccc2n1. The maximum Gasteiger partial charge on any atom is 0.338 e. The Bertz CT molecular complexity index is 1250. The molecular weight excluding hydrogens is 430 g/mol. The van der Waals surface area contributed by atoms with Crippen LogP contribution in [0.2, 0.25) is 0 Å². The number of carbonyl (C=O) groups excluding carboxylic acids is 2. The van der Waals surface area contributed by atoms with E-state index in [1.807, 2.05) is 31.2 Å². The van der Waals surface area contributed by atoms with E-state index in [9.17, 15) is 9.59 Å². The lowest BCUT2D eigenvalue weighted by Crippen LogP contribution is -2.15. The summed E-state index contributed by atoms with van der Waals surface area (Å²) in [6.45, 7) is 5.48. The number of esters is 1. The number of para-hydroxylation sites is 1. The van der Waals surface area contributed by atoms with Gasteiger partial charge in [-0.2, -0.15) is 0 Å². The molecule has 6 nitrogen and oxygen atoms in total. The molecule has 0 bridgehead atoms. The van der Waals surface area contributed by atoms with E-state index >= 15 is 0 Å². The first-order chi connectivity index (χ1) is 14.9. The molecule has 1 N–H and O–H groups in total. The molecule has 4 aromatic rings. The zero-order chi connectivity index (χ0) is 22.0. The molecular formula is C23H21N3O3S2. The van der Waals surface area contributed by atoms with Gasteiger partial charge in [-0.25, -0.2) is 9.78 Å². The molecule has 0 saturated carbocycles. The molecule has 0 aliphatic carbocycles. The summed E-state index contributed by atoms with van der Waals surface area (Å²) in [5.41, 5.74) is 3.46. The standard InChI is InChI=1S/C23H21N3O3S2/c1-13(2)29-22(28)15-8-9-17-16(11-15)19(10-14(3)24-17)25-21(27)12-30-23-26-18-6-4-5-7-20(18)31-23/h4-11,13H,12H2,1-3H3,(H,24,25,27). The highest BCUT2D eigenvalue weighted by Gasteiger charge is 2.14. The van der Waals surface area contributed by atoms with E-state index in [1.54, 1.807) is 49.4 Å². The number of carbonyl (C=O) groups is 2. The fourth-order valence-electron chi connectivity index (χ4n) is 3.10. The second-order valence-corrected chi connectivity index (χ2v) is 9.53. The lowest BCUT2D eigenvalue weighted by Gasteiger charge is -2.12. The van der Waals surface area contributed by atoms with Crippen LogP contribution in [0.4, 0.5) is 5.69 Å². The van der Waals surface area contributed by atoms with Crippen molar-refractivity contribution in [2.45, 2.75) is 31.2 Å². The van der Waals surface area contributed by atoms with Crippen LogP contribution in [-0.4, -0.2) is 33.7 Å². The van der Waals surface area contributed by atoms with Crippen molar-refractivity contribution in [1.29, 1.82) is 0 Å². The van der Waals surface area contributed by atoms with Crippen molar-refractivity contribution in [2.24, 2.45) is 0 Å². The van der Waals surface area contributed by atoms with Crippen molar-refractivity contribution in [1.82, 2.24) is 9.97 Å². The predicted octanol–water partition coefficient (Wildman–Crippen LogP) is 5.45. The molecule has 8 heteroatoms. The van der Waals surface area contributed by atoms with E-state index in [0.29, 0.717) is 22.2 Å². The molecule has 0 radical (unpaired) electrons. The minimum Gasteiger partial charge on any atom is -0.459 e. The molecule has 1 amide bonds. The van der Waals surface area contributed by atoms with Crippen LogP contribution in [0.3, 0.4) is 0 Å². The number of hydrogen-bond acceptors (Lipinski definition) is 7. The Kier molecular flexibility index (Phi) is 6.20. The van der Waals surface area contributed by atoms with Crippen molar-refractivity contribution in [3.8, 4) is 0 Å². The number of aryl methyl sites for hydroxylation is 1. The van der Waals surface area contributed by atoms with Gasteiger partial charge < -0.3 is 10.1 Å². The van der Waals surface area contributed by atoms with Crippen molar-refractivity contribution in [2.75, 3.05) is 11.1 Å². The fourth-order valence-corrected chi connectivity index (χ4v) is 4.97. The van der Waals surface area contributed by atoms with E-state index in [-0.39, 0.29) is 17.8 Å². The molecule has 0 unspecified atom stereocenters. The number of nitrogens with zero attached hydrogens (tertiary/aromatic N) is 2. The van der Waals surface area contributed by atoms with Crippen LogP contribution in [0, 0.1) is 6.92 Å². The minimum absolute atomic E-state index is 0.147. The quantitative estimate of drug-likeness (QED) is 0.310. The summed E-state index contributed by atoms with van der Waals surface area (Å²) in [7, 11) is 0. The van der Waals surface area contributed by atoms with Gasteiger partial charge in [0.25, 0.3) is 0 Å². The van der Waals surface area contributed by atoms with Crippen LogP contribution in [0.1, 0.15) is 29.9 Å². The molecule has 0 aliphatic rings. The Labute approximate surface area is 188 Å². The van der Waals surface area contributed by atoms with Crippen molar-refractivity contribution < 1.29 is 14.3 Å². The van der Waals surface area contributed by atoms with Crippen LogP contribution in [0.15, 0.2) is 52.9 Å². The zero-order valence-corrected chi connectivity index (χ0v) is 19.0. The third-order valence-corrected chi connectivity index (χ3v) is 6.57. The molecule has 158 valence electrons. The number of anilines is 1. The molecule has 31 heavy (non-hydrogen) atoms. The van der Waals surface area contributed by atoms with Crippen LogP contribution in [0.5, 0.6) is 0 Å². The van der Waals surface area contributed by atoms with Gasteiger partial charge in [0, 0.05) is 11.1 Å². The average Bonchev–Trinajstić information content (AvgIpc) is 3.14. The Morgan fingerprint density at radius 3 is 2.68 bits per heavy atom. The predicted molar refractivity (Wildman–Crippen MR) is 126 cm³/mol. The second kappa shape index (κ2) is 9.03. The Morgan fingerprint density at radius 1 is 1.10 bits per heavy atom. The molecule has 0 saturated heterocycles. The van der Waals surface area contributed by atoms with Gasteiger partial charge in [-0.05, 0) is 57.2 Å². The van der Waals surface area contributed by atoms with E-state index in [2.05, 4.69) is 15.3 Å². The molecule has 0 atom stereocenters. The third-order valence-electron chi connectivity index (χ3n) is 4.39. The van der Waals surface area contributed by atoms with Gasteiger partial charge in [-0.3, -0.25) is 9.78 Å². The normalized spacial score (nSPS) is 11.2. The largest absolute Gasteiger partial charge is 0.459 e. The van der Waals surface area contributed by atoms with E-state index < -0.39 is 5.97 Å². The number of thioether (sulfide) groups is 1. The first-order valence-corrected chi connectivity index (χ1v) is 11.6. The molecule has 2 heterocycles. The number of ether oxygens (including phenoxy) is 1. The lowest BCUT2D eigenvalue weighted by molar-refractivity contribution is -0.113. The van der Waals surface area contributed by atoms with E-state index in [1.165, 1.54) is 11.8 Å². The van der Waals surface area contributed by atoms with Gasteiger partial charge in [0.15, 0.2) is 4.34 Å². The Hall–Kier alpha value is -2.97. The van der Waals surface area contributed by atoms with Gasteiger partial charge in [0.05, 0.1) is 38.8 Å². The van der Waals surface area contributed by atoms with Crippen molar-refractivity contribution in [3.63, 3.8) is 0 Å². The number of nitrogens with one attached hydrogen (secondary N) is 1. The fraction of sp³-hybridized carbons (Fsp3) is 0.217. The highest BCUT2D eigenvalue weighted by atomic mass is 32.2.